The summed E-state index contributed by atoms with van der Waals surface area (Å²) in [6.07, 6.45) is 2.70. The van der Waals surface area contributed by atoms with Gasteiger partial charge in [-0.15, -0.1) is 0 Å². The van der Waals surface area contributed by atoms with Gasteiger partial charge in [-0.3, -0.25) is 9.78 Å². The van der Waals surface area contributed by atoms with E-state index in [0.717, 1.165) is 10.6 Å². The molecule has 0 bridgehead atoms. The number of benzene rings is 1. The molecule has 3 rings (SSSR count). The fourth-order valence-electron chi connectivity index (χ4n) is 2.44. The van der Waals surface area contributed by atoms with Crippen molar-refractivity contribution in [3.63, 3.8) is 0 Å². The van der Waals surface area contributed by atoms with Crippen molar-refractivity contribution in [2.24, 2.45) is 0 Å². The van der Waals surface area contributed by atoms with Gasteiger partial charge in [0.1, 0.15) is 0 Å². The minimum Gasteiger partial charge on any atom is -0.454 e. The molecule has 2 heterocycles. The highest BCUT2D eigenvalue weighted by Gasteiger charge is 2.22. The monoisotopic (exact) mass is 377 g/mol. The standard InChI is InChI=1S/C17H19N3O5S/c1-26(22,23)20(10-13-5-6-15-16(8-13)25-12-24-15)11-17(21)19-9-14-4-2-3-7-18-14/h2-8H,9-12H2,1H3,(H,19,21). The molecule has 1 amide bonds. The van der Waals surface area contributed by atoms with Crippen LogP contribution in [-0.2, 0) is 27.9 Å². The molecule has 0 saturated carbocycles. The number of nitrogens with zero attached hydrogens (tertiary/aromatic N) is 2. The Morgan fingerprint density at radius 1 is 1.23 bits per heavy atom. The van der Waals surface area contributed by atoms with E-state index in [9.17, 15) is 13.2 Å². The number of sulfonamides is 1. The van der Waals surface area contributed by atoms with Crippen LogP contribution < -0.4 is 14.8 Å². The molecule has 8 nitrogen and oxygen atoms in total. The van der Waals surface area contributed by atoms with Crippen LogP contribution in [0.25, 0.3) is 0 Å². The second kappa shape index (κ2) is 7.71. The van der Waals surface area contributed by atoms with Crippen LogP contribution in [-0.4, -0.2) is 43.2 Å². The summed E-state index contributed by atoms with van der Waals surface area (Å²) in [6, 6.07) is 10.6. The molecular formula is C17H19N3O5S. The van der Waals surface area contributed by atoms with Crippen LogP contribution in [0.1, 0.15) is 11.3 Å². The number of pyridine rings is 1. The van der Waals surface area contributed by atoms with Gasteiger partial charge in [-0.25, -0.2) is 8.42 Å². The average Bonchev–Trinajstić information content (AvgIpc) is 3.07. The first-order chi connectivity index (χ1) is 12.4. The predicted molar refractivity (Wildman–Crippen MR) is 93.9 cm³/mol. The topological polar surface area (TPSA) is 97.8 Å². The average molecular weight is 377 g/mol. The van der Waals surface area contributed by atoms with Gasteiger partial charge in [0, 0.05) is 12.7 Å². The number of fused-ring (bicyclic) bond motifs is 1. The normalized spacial score (nSPS) is 13.0. The molecule has 1 aliphatic rings. The highest BCUT2D eigenvalue weighted by molar-refractivity contribution is 7.88. The Morgan fingerprint density at radius 3 is 2.77 bits per heavy atom. The second-order valence-electron chi connectivity index (χ2n) is 5.82. The van der Waals surface area contributed by atoms with E-state index in [4.69, 9.17) is 9.47 Å². The van der Waals surface area contributed by atoms with Crippen molar-refractivity contribution in [3.8, 4) is 11.5 Å². The third-order valence-corrected chi connectivity index (χ3v) is 4.97. The summed E-state index contributed by atoms with van der Waals surface area (Å²) >= 11 is 0. The second-order valence-corrected chi connectivity index (χ2v) is 7.80. The minimum absolute atomic E-state index is 0.0620. The molecule has 1 aromatic heterocycles. The molecule has 0 radical (unpaired) electrons. The van der Waals surface area contributed by atoms with E-state index in [-0.39, 0.29) is 26.4 Å². The molecule has 0 atom stereocenters. The Hall–Kier alpha value is -2.65. The Morgan fingerprint density at radius 2 is 2.04 bits per heavy atom. The quantitative estimate of drug-likeness (QED) is 0.770. The molecule has 1 aromatic carbocycles. The predicted octanol–water partition coefficient (Wildman–Crippen LogP) is 0.888. The Balaban J connectivity index is 1.64. The molecule has 9 heteroatoms. The van der Waals surface area contributed by atoms with Crippen molar-refractivity contribution >= 4 is 15.9 Å². The number of amides is 1. The zero-order valence-corrected chi connectivity index (χ0v) is 15.0. The Bertz CT molecular complexity index is 887. The first kappa shape index (κ1) is 18.2. The number of aromatic nitrogens is 1. The summed E-state index contributed by atoms with van der Waals surface area (Å²) < 4.78 is 35.8. The largest absolute Gasteiger partial charge is 0.454 e. The van der Waals surface area contributed by atoms with Crippen molar-refractivity contribution in [1.29, 1.82) is 0 Å². The van der Waals surface area contributed by atoms with Crippen molar-refractivity contribution in [2.75, 3.05) is 19.6 Å². The van der Waals surface area contributed by atoms with E-state index >= 15 is 0 Å². The Kier molecular flexibility index (Phi) is 5.38. The Labute approximate surface area is 151 Å². The lowest BCUT2D eigenvalue weighted by Gasteiger charge is -2.19. The highest BCUT2D eigenvalue weighted by atomic mass is 32.2. The molecular weight excluding hydrogens is 358 g/mol. The third-order valence-electron chi connectivity index (χ3n) is 3.78. The molecule has 2 aromatic rings. The molecule has 0 unspecified atom stereocenters. The van der Waals surface area contributed by atoms with Crippen LogP contribution >= 0.6 is 0 Å². The zero-order chi connectivity index (χ0) is 18.6. The minimum atomic E-state index is -3.57. The summed E-state index contributed by atoms with van der Waals surface area (Å²) in [4.78, 5) is 16.3. The van der Waals surface area contributed by atoms with E-state index in [2.05, 4.69) is 10.3 Å². The van der Waals surface area contributed by atoms with Gasteiger partial charge >= 0.3 is 0 Å². The van der Waals surface area contributed by atoms with Gasteiger partial charge in [0.25, 0.3) is 0 Å². The van der Waals surface area contributed by atoms with Gasteiger partial charge in [0.15, 0.2) is 11.5 Å². The summed E-state index contributed by atoms with van der Waals surface area (Å²) in [6.45, 7) is 0.165. The van der Waals surface area contributed by atoms with Crippen LogP contribution in [0.3, 0.4) is 0 Å². The third kappa shape index (κ3) is 4.70. The SMILES string of the molecule is CS(=O)(=O)N(CC(=O)NCc1ccccn1)Cc1ccc2c(c1)OCO2. The zero-order valence-electron chi connectivity index (χ0n) is 14.2. The number of nitrogens with one attached hydrogen (secondary N) is 1. The van der Waals surface area contributed by atoms with Gasteiger partial charge in [-0.1, -0.05) is 12.1 Å². The number of hydrogen-bond donors (Lipinski definition) is 1. The van der Waals surface area contributed by atoms with Crippen molar-refractivity contribution in [2.45, 2.75) is 13.1 Å². The lowest BCUT2D eigenvalue weighted by atomic mass is 10.2. The van der Waals surface area contributed by atoms with Gasteiger partial charge in [-0.05, 0) is 29.8 Å². The van der Waals surface area contributed by atoms with Gasteiger partial charge in [0.05, 0.1) is 25.0 Å². The number of ether oxygens (including phenoxy) is 2. The molecule has 138 valence electrons. The maximum absolute atomic E-state index is 12.2. The first-order valence-electron chi connectivity index (χ1n) is 7.92. The number of carbonyl (C=O) groups excluding carboxylic acids is 1. The van der Waals surface area contributed by atoms with Crippen LogP contribution in [0, 0.1) is 0 Å². The van der Waals surface area contributed by atoms with Crippen molar-refractivity contribution in [1.82, 2.24) is 14.6 Å². The van der Waals surface area contributed by atoms with Crippen LogP contribution in [0.2, 0.25) is 0 Å². The molecule has 1 aliphatic heterocycles. The maximum Gasteiger partial charge on any atom is 0.235 e. The maximum atomic E-state index is 12.2. The summed E-state index contributed by atoms with van der Waals surface area (Å²) in [5.41, 5.74) is 1.40. The smallest absolute Gasteiger partial charge is 0.235 e. The molecule has 0 aliphatic carbocycles. The van der Waals surface area contributed by atoms with Gasteiger partial charge < -0.3 is 14.8 Å². The van der Waals surface area contributed by atoms with E-state index in [0.29, 0.717) is 22.8 Å². The molecule has 1 N–H and O–H groups in total. The van der Waals surface area contributed by atoms with Crippen molar-refractivity contribution in [3.05, 3.63) is 53.9 Å². The lowest BCUT2D eigenvalue weighted by Crippen LogP contribution is -2.39. The van der Waals surface area contributed by atoms with Crippen LogP contribution in [0.4, 0.5) is 0 Å². The van der Waals surface area contributed by atoms with E-state index in [1.165, 1.54) is 0 Å². The lowest BCUT2D eigenvalue weighted by molar-refractivity contribution is -0.121. The first-order valence-corrected chi connectivity index (χ1v) is 9.77. The number of rotatable bonds is 7. The molecule has 0 saturated heterocycles. The molecule has 0 spiro atoms. The van der Waals surface area contributed by atoms with Gasteiger partial charge in [-0.2, -0.15) is 4.31 Å². The van der Waals surface area contributed by atoms with Crippen molar-refractivity contribution < 1.29 is 22.7 Å². The highest BCUT2D eigenvalue weighted by Crippen LogP contribution is 2.32. The van der Waals surface area contributed by atoms with Gasteiger partial charge in [0.2, 0.25) is 22.7 Å². The molecule has 26 heavy (non-hydrogen) atoms. The summed E-state index contributed by atoms with van der Waals surface area (Å²) in [5.74, 6) is 0.783. The van der Waals surface area contributed by atoms with E-state index < -0.39 is 15.9 Å². The fraction of sp³-hybridized carbons (Fsp3) is 0.294. The number of hydrogen-bond acceptors (Lipinski definition) is 6. The van der Waals surface area contributed by atoms with E-state index in [1.54, 1.807) is 36.5 Å². The fourth-order valence-corrected chi connectivity index (χ4v) is 3.18. The summed E-state index contributed by atoms with van der Waals surface area (Å²) in [5, 5.41) is 2.68. The van der Waals surface area contributed by atoms with Crippen LogP contribution in [0.5, 0.6) is 11.5 Å². The molecule has 0 fully saturated rings. The number of carbonyl (C=O) groups is 1. The summed E-state index contributed by atoms with van der Waals surface area (Å²) in [7, 11) is -3.57. The van der Waals surface area contributed by atoms with Crippen LogP contribution in [0.15, 0.2) is 42.6 Å². The van der Waals surface area contributed by atoms with E-state index in [1.807, 2.05) is 6.07 Å².